The molecule has 0 fully saturated rings. The van der Waals surface area contributed by atoms with Gasteiger partial charge in [0.15, 0.2) is 0 Å². The summed E-state index contributed by atoms with van der Waals surface area (Å²) >= 11 is 3.59. The molecule has 0 atom stereocenters. The predicted molar refractivity (Wildman–Crippen MR) is 120 cm³/mol. The Balaban J connectivity index is 1.83. The van der Waals surface area contributed by atoms with Gasteiger partial charge in [0.2, 0.25) is 0 Å². The number of para-hydroxylation sites is 1. The lowest BCUT2D eigenvalue weighted by molar-refractivity contribution is 0.673. The minimum Gasteiger partial charge on any atom is -0.455 e. The maximum absolute atomic E-state index is 9.28. The van der Waals surface area contributed by atoms with Gasteiger partial charge in [0.05, 0.1) is 28.1 Å². The van der Waals surface area contributed by atoms with Crippen molar-refractivity contribution < 1.29 is 4.42 Å². The molecule has 0 aliphatic carbocycles. The molecule has 0 saturated carbocycles. The van der Waals surface area contributed by atoms with Crippen LogP contribution >= 0.6 is 15.9 Å². The third-order valence-electron chi connectivity index (χ3n) is 5.47. The summed E-state index contributed by atoms with van der Waals surface area (Å²) in [4.78, 5) is 0. The fourth-order valence-electron chi connectivity index (χ4n) is 4.25. The number of hydrogen-bond donors (Lipinski definition) is 0. The molecule has 0 aliphatic rings. The van der Waals surface area contributed by atoms with Crippen LogP contribution in [0.4, 0.5) is 0 Å². The van der Waals surface area contributed by atoms with E-state index in [2.05, 4.69) is 75.1 Å². The van der Waals surface area contributed by atoms with Crippen molar-refractivity contribution in [1.82, 2.24) is 4.57 Å². The van der Waals surface area contributed by atoms with Gasteiger partial charge in [-0.15, -0.1) is 0 Å². The van der Waals surface area contributed by atoms with Crippen molar-refractivity contribution in [1.29, 1.82) is 5.26 Å². The molecule has 2 aromatic heterocycles. The Morgan fingerprint density at radius 1 is 0.793 bits per heavy atom. The smallest absolute Gasteiger partial charge is 0.145 e. The first-order valence-electron chi connectivity index (χ1n) is 9.29. The van der Waals surface area contributed by atoms with Gasteiger partial charge in [-0.2, -0.15) is 5.26 Å². The SMILES string of the molecule is N#Cc1ccc2oc3c(ccc4c3c3ccccc3n4-c3cccc(Br)c3)c2c1. The van der Waals surface area contributed by atoms with E-state index in [9.17, 15) is 5.26 Å². The molecule has 0 radical (unpaired) electrons. The van der Waals surface area contributed by atoms with Crippen LogP contribution in [0.1, 0.15) is 5.56 Å². The van der Waals surface area contributed by atoms with Gasteiger partial charge < -0.3 is 8.98 Å². The molecule has 6 rings (SSSR count). The largest absolute Gasteiger partial charge is 0.455 e. The third-order valence-corrected chi connectivity index (χ3v) is 5.96. The number of furan rings is 1. The van der Waals surface area contributed by atoms with Crippen LogP contribution in [0.15, 0.2) is 87.8 Å². The standard InChI is InChI=1S/C25H13BrN2O/c26-16-4-3-5-17(13-16)28-21-7-2-1-6-19(21)24-22(28)10-9-18-20-12-15(14-27)8-11-23(20)29-25(18)24/h1-13H. The predicted octanol–water partition coefficient (Wildman–Crippen LogP) is 7.32. The molecule has 6 aromatic rings. The summed E-state index contributed by atoms with van der Waals surface area (Å²) in [7, 11) is 0. The second kappa shape index (κ2) is 5.97. The Morgan fingerprint density at radius 2 is 1.69 bits per heavy atom. The van der Waals surface area contributed by atoms with Gasteiger partial charge in [-0.1, -0.05) is 40.2 Å². The van der Waals surface area contributed by atoms with E-state index in [0.717, 1.165) is 53.9 Å². The maximum atomic E-state index is 9.28. The Kier molecular flexibility index (Phi) is 3.38. The molecular weight excluding hydrogens is 424 g/mol. The molecular formula is C25H13BrN2O. The number of aromatic nitrogens is 1. The summed E-state index contributed by atoms with van der Waals surface area (Å²) in [6.07, 6.45) is 0. The van der Waals surface area contributed by atoms with E-state index in [4.69, 9.17) is 4.42 Å². The first kappa shape index (κ1) is 16.4. The molecule has 4 heteroatoms. The van der Waals surface area contributed by atoms with Crippen LogP contribution in [0.25, 0.3) is 49.4 Å². The monoisotopic (exact) mass is 436 g/mol. The van der Waals surface area contributed by atoms with Gasteiger partial charge in [0.25, 0.3) is 0 Å². The van der Waals surface area contributed by atoms with Crippen molar-refractivity contribution in [3.8, 4) is 11.8 Å². The number of fused-ring (bicyclic) bond motifs is 7. The lowest BCUT2D eigenvalue weighted by Gasteiger charge is -2.08. The highest BCUT2D eigenvalue weighted by Crippen LogP contribution is 2.40. The van der Waals surface area contributed by atoms with Crippen molar-refractivity contribution >= 4 is 59.7 Å². The zero-order chi connectivity index (χ0) is 19.5. The highest BCUT2D eigenvalue weighted by atomic mass is 79.9. The van der Waals surface area contributed by atoms with Gasteiger partial charge in [0, 0.05) is 26.3 Å². The van der Waals surface area contributed by atoms with Crippen LogP contribution in [0.3, 0.4) is 0 Å². The fraction of sp³-hybridized carbons (Fsp3) is 0. The summed E-state index contributed by atoms with van der Waals surface area (Å²) in [6.45, 7) is 0. The van der Waals surface area contributed by atoms with Crippen LogP contribution in [-0.4, -0.2) is 4.57 Å². The van der Waals surface area contributed by atoms with Crippen LogP contribution in [0, 0.1) is 11.3 Å². The minimum absolute atomic E-state index is 0.636. The van der Waals surface area contributed by atoms with E-state index >= 15 is 0 Å². The number of nitriles is 1. The molecule has 136 valence electrons. The number of benzene rings is 4. The third kappa shape index (κ3) is 2.28. The van der Waals surface area contributed by atoms with Crippen molar-refractivity contribution in [3.05, 3.63) is 88.9 Å². The van der Waals surface area contributed by atoms with Gasteiger partial charge in [-0.05, 0) is 54.6 Å². The first-order chi connectivity index (χ1) is 14.2. The molecule has 0 spiro atoms. The quantitative estimate of drug-likeness (QED) is 0.271. The van der Waals surface area contributed by atoms with E-state index in [0.29, 0.717) is 5.56 Å². The Labute approximate surface area is 174 Å². The highest BCUT2D eigenvalue weighted by Gasteiger charge is 2.18. The van der Waals surface area contributed by atoms with Crippen molar-refractivity contribution in [3.63, 3.8) is 0 Å². The number of halogens is 1. The second-order valence-corrected chi connectivity index (χ2v) is 8.01. The molecule has 3 nitrogen and oxygen atoms in total. The molecule has 0 saturated heterocycles. The van der Waals surface area contributed by atoms with Gasteiger partial charge in [0.1, 0.15) is 11.2 Å². The number of rotatable bonds is 1. The van der Waals surface area contributed by atoms with E-state index in [1.807, 2.05) is 24.3 Å². The molecule has 0 bridgehead atoms. The Bertz CT molecular complexity index is 1630. The summed E-state index contributed by atoms with van der Waals surface area (Å²) in [5.74, 6) is 0. The zero-order valence-electron chi connectivity index (χ0n) is 15.2. The number of nitrogens with zero attached hydrogens (tertiary/aromatic N) is 2. The molecule has 0 aliphatic heterocycles. The van der Waals surface area contributed by atoms with E-state index in [1.165, 1.54) is 0 Å². The summed E-state index contributed by atoms with van der Waals surface area (Å²) in [6, 6.07) is 28.7. The summed E-state index contributed by atoms with van der Waals surface area (Å²) in [5, 5.41) is 13.5. The summed E-state index contributed by atoms with van der Waals surface area (Å²) < 4.78 is 9.62. The zero-order valence-corrected chi connectivity index (χ0v) is 16.8. The van der Waals surface area contributed by atoms with Gasteiger partial charge >= 0.3 is 0 Å². The van der Waals surface area contributed by atoms with Crippen molar-refractivity contribution in [2.45, 2.75) is 0 Å². The highest BCUT2D eigenvalue weighted by molar-refractivity contribution is 9.10. The topological polar surface area (TPSA) is 41.9 Å². The molecule has 0 N–H and O–H groups in total. The number of hydrogen-bond acceptors (Lipinski definition) is 2. The minimum atomic E-state index is 0.636. The molecule has 2 heterocycles. The first-order valence-corrected chi connectivity index (χ1v) is 10.1. The summed E-state index contributed by atoms with van der Waals surface area (Å²) in [5.41, 5.74) is 5.61. The van der Waals surface area contributed by atoms with Gasteiger partial charge in [-0.25, -0.2) is 0 Å². The Morgan fingerprint density at radius 3 is 2.55 bits per heavy atom. The lowest BCUT2D eigenvalue weighted by Crippen LogP contribution is -1.93. The van der Waals surface area contributed by atoms with E-state index < -0.39 is 0 Å². The van der Waals surface area contributed by atoms with Gasteiger partial charge in [-0.3, -0.25) is 0 Å². The normalized spacial score (nSPS) is 11.6. The fourth-order valence-corrected chi connectivity index (χ4v) is 4.64. The maximum Gasteiger partial charge on any atom is 0.145 e. The van der Waals surface area contributed by atoms with Crippen LogP contribution in [0.5, 0.6) is 0 Å². The lowest BCUT2D eigenvalue weighted by atomic mass is 10.1. The van der Waals surface area contributed by atoms with Crippen molar-refractivity contribution in [2.24, 2.45) is 0 Å². The molecule has 29 heavy (non-hydrogen) atoms. The molecule has 0 amide bonds. The second-order valence-electron chi connectivity index (χ2n) is 7.09. The molecule has 4 aromatic carbocycles. The van der Waals surface area contributed by atoms with Crippen LogP contribution in [0.2, 0.25) is 0 Å². The van der Waals surface area contributed by atoms with Crippen molar-refractivity contribution in [2.75, 3.05) is 0 Å². The van der Waals surface area contributed by atoms with Crippen LogP contribution < -0.4 is 0 Å². The average Bonchev–Trinajstić information content (AvgIpc) is 3.28. The van der Waals surface area contributed by atoms with E-state index in [1.54, 1.807) is 6.07 Å². The Hall–Kier alpha value is -3.55. The molecule has 0 unspecified atom stereocenters. The average molecular weight is 437 g/mol. The van der Waals surface area contributed by atoms with E-state index in [-0.39, 0.29) is 0 Å². The van der Waals surface area contributed by atoms with Crippen LogP contribution in [-0.2, 0) is 0 Å².